The molecule has 0 aromatic heterocycles. The fourth-order valence-corrected chi connectivity index (χ4v) is 3.75. The molecule has 2 aromatic rings. The molecule has 9 nitrogen and oxygen atoms in total. The van der Waals surface area contributed by atoms with E-state index in [9.17, 15) is 35.5 Å². The smallest absolute Gasteiger partial charge is 0.347 e. The van der Waals surface area contributed by atoms with Crippen molar-refractivity contribution in [3.63, 3.8) is 0 Å². The quantitative estimate of drug-likeness (QED) is 0.433. The molecule has 0 heterocycles. The van der Waals surface area contributed by atoms with Crippen LogP contribution in [0.5, 0.6) is 0 Å². The molecule has 0 atom stereocenters. The number of aryl methyl sites for hydroxylation is 2. The van der Waals surface area contributed by atoms with E-state index in [1.54, 1.807) is 0 Å². The Kier molecular flexibility index (Phi) is 5.52. The lowest BCUT2D eigenvalue weighted by atomic mass is 10.1. The van der Waals surface area contributed by atoms with Crippen molar-refractivity contribution in [3.8, 4) is 0 Å². The Hall–Kier alpha value is -2.60. The van der Waals surface area contributed by atoms with Crippen LogP contribution in [0, 0.1) is 13.8 Å². The van der Waals surface area contributed by atoms with Gasteiger partial charge in [0.1, 0.15) is 9.79 Å². The van der Waals surface area contributed by atoms with Crippen LogP contribution in [0.15, 0.2) is 46.2 Å². The highest BCUT2D eigenvalue weighted by Gasteiger charge is 2.27. The second-order valence-corrected chi connectivity index (χ2v) is 8.41. The molecule has 2 aromatic carbocycles. The van der Waals surface area contributed by atoms with Gasteiger partial charge in [-0.25, -0.2) is 9.59 Å². The highest BCUT2D eigenvalue weighted by atomic mass is 32.2. The summed E-state index contributed by atoms with van der Waals surface area (Å²) in [4.78, 5) is 22.9. The van der Waals surface area contributed by atoms with Crippen molar-refractivity contribution in [1.29, 1.82) is 0 Å². The molecule has 144 valence electrons. The highest BCUT2D eigenvalue weighted by molar-refractivity contribution is 7.86. The van der Waals surface area contributed by atoms with E-state index in [1.165, 1.54) is 26.0 Å². The lowest BCUT2D eigenvalue weighted by Crippen LogP contribution is -2.18. The summed E-state index contributed by atoms with van der Waals surface area (Å²) in [5.74, 6) is -2.84. The molecule has 11 heteroatoms. The summed E-state index contributed by atoms with van der Waals surface area (Å²) in [6, 6.07) is 6.79. The Bertz CT molecular complexity index is 1050. The normalized spacial score (nSPS) is 11.9. The van der Waals surface area contributed by atoms with Gasteiger partial charge in [-0.3, -0.25) is 9.11 Å². The molecule has 0 aliphatic rings. The Balaban J connectivity index is 2.46. The molecule has 0 bridgehead atoms. The number of benzene rings is 2. The molecule has 0 aliphatic carbocycles. The van der Waals surface area contributed by atoms with Crippen LogP contribution in [0.25, 0.3) is 0 Å². The van der Waals surface area contributed by atoms with E-state index in [0.717, 1.165) is 24.3 Å². The predicted molar refractivity (Wildman–Crippen MR) is 91.7 cm³/mol. The van der Waals surface area contributed by atoms with Crippen LogP contribution >= 0.6 is 0 Å². The minimum absolute atomic E-state index is 0.415. The summed E-state index contributed by atoms with van der Waals surface area (Å²) in [5.41, 5.74) is -0.399. The third-order valence-electron chi connectivity index (χ3n) is 3.46. The Labute approximate surface area is 155 Å². The third-order valence-corrected chi connectivity index (χ3v) is 5.24. The lowest BCUT2D eigenvalue weighted by molar-refractivity contribution is 0.0391. The van der Waals surface area contributed by atoms with Crippen LogP contribution < -0.4 is 0 Å². The first kappa shape index (κ1) is 20.7. The molecule has 2 N–H and O–H groups in total. The summed E-state index contributed by atoms with van der Waals surface area (Å²) >= 11 is 0. The summed E-state index contributed by atoms with van der Waals surface area (Å²) in [7, 11) is -9.57. The van der Waals surface area contributed by atoms with Gasteiger partial charge in [-0.1, -0.05) is 12.1 Å². The minimum atomic E-state index is -4.79. The predicted octanol–water partition coefficient (Wildman–Crippen LogP) is 1.79. The third kappa shape index (κ3) is 4.77. The van der Waals surface area contributed by atoms with Crippen LogP contribution in [0.4, 0.5) is 0 Å². The first-order valence-corrected chi connectivity index (χ1v) is 10.1. The van der Waals surface area contributed by atoms with E-state index in [4.69, 9.17) is 0 Å². The van der Waals surface area contributed by atoms with Gasteiger partial charge in [0.05, 0.1) is 11.1 Å². The van der Waals surface area contributed by atoms with Gasteiger partial charge < -0.3 is 4.74 Å². The molecule has 0 spiro atoms. The average molecular weight is 414 g/mol. The summed E-state index contributed by atoms with van der Waals surface area (Å²) < 4.78 is 68.8. The molecule has 0 saturated carbocycles. The van der Waals surface area contributed by atoms with Crippen LogP contribution in [0.2, 0.25) is 0 Å². The number of esters is 2. The largest absolute Gasteiger partial charge is 0.386 e. The van der Waals surface area contributed by atoms with Gasteiger partial charge in [0.25, 0.3) is 20.2 Å². The van der Waals surface area contributed by atoms with Crippen LogP contribution in [-0.2, 0) is 25.0 Å². The Morgan fingerprint density at radius 3 is 1.37 bits per heavy atom. The molecule has 0 fully saturated rings. The van der Waals surface area contributed by atoms with Gasteiger partial charge in [0.15, 0.2) is 0 Å². The molecule has 27 heavy (non-hydrogen) atoms. The molecule has 0 radical (unpaired) electrons. The van der Waals surface area contributed by atoms with Crippen molar-refractivity contribution in [1.82, 2.24) is 0 Å². The van der Waals surface area contributed by atoms with E-state index in [0.29, 0.717) is 11.1 Å². The zero-order valence-electron chi connectivity index (χ0n) is 14.0. The molecule has 0 saturated heterocycles. The first-order chi connectivity index (χ1) is 12.3. The van der Waals surface area contributed by atoms with E-state index >= 15 is 0 Å². The van der Waals surface area contributed by atoms with Crippen molar-refractivity contribution in [2.45, 2.75) is 23.6 Å². The van der Waals surface area contributed by atoms with Crippen molar-refractivity contribution >= 4 is 32.2 Å². The van der Waals surface area contributed by atoms with Crippen LogP contribution in [-0.4, -0.2) is 37.9 Å². The molecule has 0 aliphatic heterocycles. The number of rotatable bonds is 4. The van der Waals surface area contributed by atoms with Gasteiger partial charge in [0, 0.05) is 0 Å². The topological polar surface area (TPSA) is 152 Å². The summed E-state index contributed by atoms with van der Waals surface area (Å²) in [5, 5.41) is 0. The summed E-state index contributed by atoms with van der Waals surface area (Å²) in [6.45, 7) is 3.03. The molecular weight excluding hydrogens is 400 g/mol. The molecule has 0 amide bonds. The van der Waals surface area contributed by atoms with Gasteiger partial charge in [0.2, 0.25) is 0 Å². The van der Waals surface area contributed by atoms with Crippen molar-refractivity contribution in [3.05, 3.63) is 58.7 Å². The molecular formula is C16H14O9S2. The second-order valence-electron chi connectivity index (χ2n) is 5.63. The monoisotopic (exact) mass is 414 g/mol. The summed E-state index contributed by atoms with van der Waals surface area (Å²) in [6.07, 6.45) is 0. The SMILES string of the molecule is Cc1ccc(C(=O)OC(=O)c2ccc(C)cc2S(=O)(=O)O)c(S(=O)(=O)O)c1. The number of carbonyl (C=O) groups excluding carboxylic acids is 2. The van der Waals surface area contributed by atoms with Crippen molar-refractivity contribution < 1.29 is 40.3 Å². The average Bonchev–Trinajstić information content (AvgIpc) is 2.52. The fraction of sp³-hybridized carbons (Fsp3) is 0.125. The van der Waals surface area contributed by atoms with E-state index < -0.39 is 53.1 Å². The number of carbonyl (C=O) groups is 2. The van der Waals surface area contributed by atoms with Gasteiger partial charge in [-0.05, 0) is 49.2 Å². The minimum Gasteiger partial charge on any atom is -0.386 e. The van der Waals surface area contributed by atoms with Gasteiger partial charge in [-0.15, -0.1) is 0 Å². The maximum absolute atomic E-state index is 12.2. The van der Waals surface area contributed by atoms with Gasteiger partial charge >= 0.3 is 11.9 Å². The number of hydrogen-bond donors (Lipinski definition) is 2. The fourth-order valence-electron chi connectivity index (χ4n) is 2.22. The second kappa shape index (κ2) is 7.19. The zero-order valence-corrected chi connectivity index (χ0v) is 15.7. The number of ether oxygens (including phenoxy) is 1. The standard InChI is InChI=1S/C16H14O9S2/c1-9-3-5-11(13(7-9)26(19,20)21)15(17)25-16(18)12-6-4-10(2)8-14(12)27(22,23)24/h3-8H,1-2H3,(H,19,20,21)(H,22,23,24). The molecule has 0 unspecified atom stereocenters. The maximum Gasteiger partial charge on any atom is 0.347 e. The Morgan fingerprint density at radius 2 is 1.07 bits per heavy atom. The van der Waals surface area contributed by atoms with Gasteiger partial charge in [-0.2, -0.15) is 16.8 Å². The highest BCUT2D eigenvalue weighted by Crippen LogP contribution is 2.22. The molecule has 2 rings (SSSR count). The number of hydrogen-bond acceptors (Lipinski definition) is 7. The van der Waals surface area contributed by atoms with Crippen molar-refractivity contribution in [2.75, 3.05) is 0 Å². The van der Waals surface area contributed by atoms with Crippen LogP contribution in [0.3, 0.4) is 0 Å². The van der Waals surface area contributed by atoms with Crippen molar-refractivity contribution in [2.24, 2.45) is 0 Å². The van der Waals surface area contributed by atoms with Crippen LogP contribution in [0.1, 0.15) is 31.8 Å². The van der Waals surface area contributed by atoms with E-state index in [-0.39, 0.29) is 0 Å². The van der Waals surface area contributed by atoms with E-state index in [1.807, 2.05) is 0 Å². The first-order valence-electron chi connectivity index (χ1n) is 7.23. The van der Waals surface area contributed by atoms with E-state index in [2.05, 4.69) is 4.74 Å². The Morgan fingerprint density at radius 1 is 0.741 bits per heavy atom. The maximum atomic E-state index is 12.2. The zero-order chi connectivity index (χ0) is 20.6. The lowest BCUT2D eigenvalue weighted by Gasteiger charge is -2.10.